The van der Waals surface area contributed by atoms with Crippen molar-refractivity contribution < 1.29 is 23.1 Å². The molecule has 0 aliphatic heterocycles. The van der Waals surface area contributed by atoms with Gasteiger partial charge in [-0.05, 0) is 24.3 Å². The van der Waals surface area contributed by atoms with Gasteiger partial charge in [0.1, 0.15) is 5.69 Å². The van der Waals surface area contributed by atoms with Gasteiger partial charge in [-0.15, -0.1) is 0 Å². The quantitative estimate of drug-likeness (QED) is 0.845. The highest BCUT2D eigenvalue weighted by Crippen LogP contribution is 2.23. The molecule has 2 rings (SSSR count). The summed E-state index contributed by atoms with van der Waals surface area (Å²) in [5.74, 6) is -1.07. The third-order valence-corrected chi connectivity index (χ3v) is 3.75. The molecule has 0 radical (unpaired) electrons. The molecule has 0 aromatic carbocycles. The highest BCUT2D eigenvalue weighted by Gasteiger charge is 2.18. The molecule has 0 fully saturated rings. The minimum atomic E-state index is -3.96. The zero-order valence-corrected chi connectivity index (χ0v) is 11.7. The van der Waals surface area contributed by atoms with Gasteiger partial charge in [0.2, 0.25) is 5.88 Å². The number of carboxylic acids is 1. The molecule has 0 aliphatic carbocycles. The van der Waals surface area contributed by atoms with Gasteiger partial charge in [0, 0.05) is 12.4 Å². The van der Waals surface area contributed by atoms with Crippen LogP contribution in [0.2, 0.25) is 0 Å². The molecule has 0 spiro atoms. The standard InChI is InChI=1S/C12H11N3O5S/c1-20-11-9(3-2-6-13-11)15-21(18,19)10-5-4-8(7-14-10)12(16)17/h2-7,15H,1H3,(H,16,17). The molecule has 2 aromatic heterocycles. The molecule has 110 valence electrons. The largest absolute Gasteiger partial charge is 0.480 e. The lowest BCUT2D eigenvalue weighted by Gasteiger charge is -2.10. The first-order valence-electron chi connectivity index (χ1n) is 5.65. The summed E-state index contributed by atoms with van der Waals surface area (Å²) >= 11 is 0. The topological polar surface area (TPSA) is 118 Å². The van der Waals surface area contributed by atoms with E-state index < -0.39 is 16.0 Å². The fourth-order valence-corrected chi connectivity index (χ4v) is 2.48. The molecule has 9 heteroatoms. The monoisotopic (exact) mass is 309 g/mol. The van der Waals surface area contributed by atoms with Crippen molar-refractivity contribution >= 4 is 21.7 Å². The predicted octanol–water partition coefficient (Wildman–Crippen LogP) is 0.984. The van der Waals surface area contributed by atoms with Gasteiger partial charge in [0.15, 0.2) is 5.03 Å². The molecule has 21 heavy (non-hydrogen) atoms. The van der Waals surface area contributed by atoms with Crippen molar-refractivity contribution in [1.29, 1.82) is 0 Å². The highest BCUT2D eigenvalue weighted by atomic mass is 32.2. The molecule has 2 N–H and O–H groups in total. The van der Waals surface area contributed by atoms with Gasteiger partial charge < -0.3 is 9.84 Å². The smallest absolute Gasteiger partial charge is 0.337 e. The van der Waals surface area contributed by atoms with Gasteiger partial charge in [-0.2, -0.15) is 8.42 Å². The van der Waals surface area contributed by atoms with Crippen LogP contribution >= 0.6 is 0 Å². The van der Waals surface area contributed by atoms with E-state index in [4.69, 9.17) is 9.84 Å². The van der Waals surface area contributed by atoms with E-state index in [1.807, 2.05) is 0 Å². The second-order valence-electron chi connectivity index (χ2n) is 3.86. The third kappa shape index (κ3) is 3.26. The first-order chi connectivity index (χ1) is 9.94. The summed E-state index contributed by atoms with van der Waals surface area (Å²) in [5, 5.41) is 8.45. The molecule has 8 nitrogen and oxygen atoms in total. The van der Waals surface area contributed by atoms with Gasteiger partial charge >= 0.3 is 5.97 Å². The Balaban J connectivity index is 2.32. The molecule has 0 saturated carbocycles. The van der Waals surface area contributed by atoms with Crippen molar-refractivity contribution in [2.45, 2.75) is 5.03 Å². The summed E-state index contributed by atoms with van der Waals surface area (Å²) in [6, 6.07) is 5.29. The van der Waals surface area contributed by atoms with Crippen LogP contribution in [0.4, 0.5) is 5.69 Å². The predicted molar refractivity (Wildman–Crippen MR) is 72.8 cm³/mol. The van der Waals surface area contributed by atoms with E-state index in [2.05, 4.69) is 14.7 Å². The van der Waals surface area contributed by atoms with E-state index in [0.29, 0.717) is 0 Å². The van der Waals surface area contributed by atoms with Crippen molar-refractivity contribution in [2.24, 2.45) is 0 Å². The van der Waals surface area contributed by atoms with Crippen LogP contribution in [0.1, 0.15) is 10.4 Å². The van der Waals surface area contributed by atoms with Crippen LogP contribution in [0.15, 0.2) is 41.7 Å². The summed E-state index contributed by atoms with van der Waals surface area (Å²) in [5.41, 5.74) is 0.0528. The van der Waals surface area contributed by atoms with Crippen molar-refractivity contribution in [3.05, 3.63) is 42.2 Å². The average Bonchev–Trinajstić information content (AvgIpc) is 2.47. The first-order valence-corrected chi connectivity index (χ1v) is 7.13. The van der Waals surface area contributed by atoms with Crippen molar-refractivity contribution in [3.63, 3.8) is 0 Å². The number of aromatic carboxylic acids is 1. The first kappa shape index (κ1) is 14.7. The Kier molecular flexibility index (Phi) is 4.03. The lowest BCUT2D eigenvalue weighted by Crippen LogP contribution is -2.15. The van der Waals surface area contributed by atoms with Crippen LogP contribution in [0, 0.1) is 0 Å². The number of nitrogens with one attached hydrogen (secondary N) is 1. The van der Waals surface area contributed by atoms with Crippen LogP contribution in [0.25, 0.3) is 0 Å². The number of hydrogen-bond donors (Lipinski definition) is 2. The zero-order valence-electron chi connectivity index (χ0n) is 10.8. The second kappa shape index (κ2) is 5.75. The van der Waals surface area contributed by atoms with E-state index in [-0.39, 0.29) is 22.2 Å². The molecule has 0 aliphatic rings. The summed E-state index contributed by atoms with van der Waals surface area (Å²) in [4.78, 5) is 18.2. The summed E-state index contributed by atoms with van der Waals surface area (Å²) < 4.78 is 31.5. The van der Waals surface area contributed by atoms with Crippen molar-refractivity contribution in [1.82, 2.24) is 9.97 Å². The van der Waals surface area contributed by atoms with Gasteiger partial charge in [-0.3, -0.25) is 4.72 Å². The number of hydrogen-bond acceptors (Lipinski definition) is 6. The third-order valence-electron chi connectivity index (χ3n) is 2.47. The number of nitrogens with zero attached hydrogens (tertiary/aromatic N) is 2. The fourth-order valence-electron chi connectivity index (χ4n) is 1.49. The highest BCUT2D eigenvalue weighted by molar-refractivity contribution is 7.92. The Morgan fingerprint density at radius 1 is 1.29 bits per heavy atom. The number of ether oxygens (including phenoxy) is 1. The molecule has 0 atom stereocenters. The fraction of sp³-hybridized carbons (Fsp3) is 0.0833. The van der Waals surface area contributed by atoms with Gasteiger partial charge in [-0.25, -0.2) is 14.8 Å². The normalized spacial score (nSPS) is 10.9. The minimum Gasteiger partial charge on any atom is -0.480 e. The van der Waals surface area contributed by atoms with Crippen LogP contribution in [0.3, 0.4) is 0 Å². The van der Waals surface area contributed by atoms with E-state index in [0.717, 1.165) is 18.3 Å². The Bertz CT molecular complexity index is 759. The van der Waals surface area contributed by atoms with E-state index in [9.17, 15) is 13.2 Å². The van der Waals surface area contributed by atoms with Crippen LogP contribution in [-0.2, 0) is 10.0 Å². The zero-order chi connectivity index (χ0) is 15.5. The molecular formula is C12H11N3O5S. The van der Waals surface area contributed by atoms with E-state index >= 15 is 0 Å². The SMILES string of the molecule is COc1ncccc1NS(=O)(=O)c1ccc(C(=O)O)cn1. The number of aromatic nitrogens is 2. The molecule has 0 saturated heterocycles. The maximum atomic E-state index is 12.1. The summed E-state index contributed by atoms with van der Waals surface area (Å²) in [6.07, 6.45) is 2.42. The van der Waals surface area contributed by atoms with Crippen LogP contribution < -0.4 is 9.46 Å². The molecule has 0 amide bonds. The molecule has 0 unspecified atom stereocenters. The number of carboxylic acid groups (broad SMARTS) is 1. The molecule has 0 bridgehead atoms. The van der Waals surface area contributed by atoms with Crippen molar-refractivity contribution in [2.75, 3.05) is 11.8 Å². The van der Waals surface area contributed by atoms with Crippen LogP contribution in [-0.4, -0.2) is 36.6 Å². The maximum absolute atomic E-state index is 12.1. The number of rotatable bonds is 5. The van der Waals surface area contributed by atoms with Gasteiger partial charge in [0.25, 0.3) is 10.0 Å². The van der Waals surface area contributed by atoms with Crippen molar-refractivity contribution in [3.8, 4) is 5.88 Å². The minimum absolute atomic E-state index is 0.104. The lowest BCUT2D eigenvalue weighted by molar-refractivity contribution is 0.0696. The average molecular weight is 309 g/mol. The van der Waals surface area contributed by atoms with E-state index in [1.165, 1.54) is 19.4 Å². The maximum Gasteiger partial charge on any atom is 0.337 e. The molecule has 2 aromatic rings. The second-order valence-corrected chi connectivity index (χ2v) is 5.49. The number of carbonyl (C=O) groups is 1. The molecular weight excluding hydrogens is 298 g/mol. The van der Waals surface area contributed by atoms with Gasteiger partial charge in [-0.1, -0.05) is 0 Å². The number of anilines is 1. The van der Waals surface area contributed by atoms with Gasteiger partial charge in [0.05, 0.1) is 12.7 Å². The Labute approximate surface area is 120 Å². The lowest BCUT2D eigenvalue weighted by atomic mass is 10.3. The summed E-state index contributed by atoms with van der Waals surface area (Å²) in [6.45, 7) is 0. The number of pyridine rings is 2. The molecule has 2 heterocycles. The van der Waals surface area contributed by atoms with E-state index in [1.54, 1.807) is 6.07 Å². The van der Waals surface area contributed by atoms with Crippen LogP contribution in [0.5, 0.6) is 5.88 Å². The Morgan fingerprint density at radius 2 is 2.05 bits per heavy atom. The number of methoxy groups -OCH3 is 1. The Hall–Kier alpha value is -2.68. The Morgan fingerprint density at radius 3 is 2.62 bits per heavy atom. The number of sulfonamides is 1. The summed E-state index contributed by atoms with van der Waals surface area (Å²) in [7, 11) is -2.60.